The van der Waals surface area contributed by atoms with Gasteiger partial charge >= 0.3 is 0 Å². The van der Waals surface area contributed by atoms with Crippen LogP contribution in [0.5, 0.6) is 0 Å². The van der Waals surface area contributed by atoms with Crippen LogP contribution in [-0.2, 0) is 0 Å². The maximum atomic E-state index is 2.28. The molecular weight excluding hydrogens is 328 g/mol. The summed E-state index contributed by atoms with van der Waals surface area (Å²) in [4.78, 5) is 8.22. The minimum absolute atomic E-state index is 1.36. The Kier molecular flexibility index (Phi) is 4.39. The largest absolute Gasteiger partial charge is 0.142 e. The quantitative estimate of drug-likeness (QED) is 0.488. The summed E-state index contributed by atoms with van der Waals surface area (Å²) in [6, 6.07) is 9.06. The van der Waals surface area contributed by atoms with E-state index < -0.39 is 0 Å². The van der Waals surface area contributed by atoms with Crippen molar-refractivity contribution >= 4 is 57.5 Å². The van der Waals surface area contributed by atoms with Crippen LogP contribution in [0.25, 0.3) is 19.5 Å². The average molecular weight is 341 g/mol. The summed E-state index contributed by atoms with van der Waals surface area (Å²) in [6.07, 6.45) is 4.25. The average Bonchev–Trinajstić information content (AvgIpc) is 3.16. The van der Waals surface area contributed by atoms with E-state index in [1.165, 1.54) is 29.3 Å². The molecule has 3 rings (SSSR count). The Morgan fingerprint density at radius 2 is 1.21 bits per heavy atom. The molecule has 0 aliphatic rings. The normalized spacial score (nSPS) is 11.1. The molecule has 98 valence electrons. The minimum Gasteiger partial charge on any atom is -0.142 e. The zero-order valence-corrected chi connectivity index (χ0v) is 14.6. The maximum Gasteiger partial charge on any atom is 0.0454 e. The van der Waals surface area contributed by atoms with Gasteiger partial charge in [0.1, 0.15) is 0 Å². The molecule has 0 amide bonds. The van der Waals surface area contributed by atoms with Crippen molar-refractivity contribution in [1.82, 2.24) is 0 Å². The predicted octanol–water partition coefficient (Wildman–Crippen LogP) is 6.65. The van der Waals surface area contributed by atoms with Gasteiger partial charge in [0.05, 0.1) is 0 Å². The summed E-state index contributed by atoms with van der Waals surface area (Å²) in [5.41, 5.74) is 0. The second-order valence-electron chi connectivity index (χ2n) is 3.87. The summed E-state index contributed by atoms with van der Waals surface area (Å²) in [7, 11) is 0. The number of hydrogen-bond donors (Lipinski definition) is 0. The van der Waals surface area contributed by atoms with Gasteiger partial charge in [0, 0.05) is 40.1 Å². The van der Waals surface area contributed by atoms with Crippen molar-refractivity contribution in [2.24, 2.45) is 0 Å². The Labute approximate surface area is 133 Å². The first-order chi connectivity index (χ1) is 9.30. The first kappa shape index (κ1) is 13.8. The molecule has 0 aromatic carbocycles. The fourth-order valence-corrected chi connectivity index (χ4v) is 6.14. The maximum absolute atomic E-state index is 2.28. The van der Waals surface area contributed by atoms with Gasteiger partial charge in [-0.25, -0.2) is 0 Å². The van der Waals surface area contributed by atoms with E-state index in [-0.39, 0.29) is 0 Å². The van der Waals surface area contributed by atoms with Crippen molar-refractivity contribution in [3.8, 4) is 19.5 Å². The van der Waals surface area contributed by atoms with E-state index in [4.69, 9.17) is 0 Å². The molecule has 5 heteroatoms. The van der Waals surface area contributed by atoms with Gasteiger partial charge < -0.3 is 0 Å². The lowest BCUT2D eigenvalue weighted by Gasteiger charge is -1.90. The predicted molar refractivity (Wildman–Crippen MR) is 94.5 cm³/mol. The third-order valence-corrected chi connectivity index (χ3v) is 7.76. The highest BCUT2D eigenvalue weighted by atomic mass is 32.2. The van der Waals surface area contributed by atoms with Gasteiger partial charge in [-0.05, 0) is 36.8 Å². The van der Waals surface area contributed by atoms with Crippen LogP contribution in [-0.4, -0.2) is 12.5 Å². The van der Waals surface area contributed by atoms with Crippen molar-refractivity contribution in [2.45, 2.75) is 9.79 Å². The van der Waals surface area contributed by atoms with E-state index in [0.29, 0.717) is 0 Å². The highest BCUT2D eigenvalue weighted by Crippen LogP contribution is 2.41. The Morgan fingerprint density at radius 3 is 1.58 bits per heavy atom. The van der Waals surface area contributed by atoms with Crippen LogP contribution < -0.4 is 0 Å². The lowest BCUT2D eigenvalue weighted by molar-refractivity contribution is 1.60. The lowest BCUT2D eigenvalue weighted by Crippen LogP contribution is -1.60. The molecule has 0 saturated carbocycles. The number of thioether (sulfide) groups is 2. The SMILES string of the molecule is CSc1csc(-c2ccc(-c3cc(SC)cs3)s2)c1. The molecule has 0 bridgehead atoms. The molecule has 0 radical (unpaired) electrons. The third-order valence-electron chi connectivity index (χ3n) is 2.71. The minimum atomic E-state index is 1.36. The summed E-state index contributed by atoms with van der Waals surface area (Å²) < 4.78 is 0. The molecule has 3 heterocycles. The molecule has 0 N–H and O–H groups in total. The van der Waals surface area contributed by atoms with Crippen LogP contribution in [0, 0.1) is 0 Å². The second kappa shape index (κ2) is 6.06. The fraction of sp³-hybridized carbons (Fsp3) is 0.143. The van der Waals surface area contributed by atoms with Gasteiger partial charge in [0.2, 0.25) is 0 Å². The molecule has 3 aromatic rings. The van der Waals surface area contributed by atoms with Crippen molar-refractivity contribution in [3.63, 3.8) is 0 Å². The Hall–Kier alpha value is -0.200. The van der Waals surface area contributed by atoms with Crippen molar-refractivity contribution in [1.29, 1.82) is 0 Å². The summed E-state index contributed by atoms with van der Waals surface area (Å²) >= 11 is 9.17. The highest BCUT2D eigenvalue weighted by Gasteiger charge is 2.09. The number of thiophene rings is 3. The van der Waals surface area contributed by atoms with E-state index >= 15 is 0 Å². The molecule has 0 aliphatic heterocycles. The standard InChI is InChI=1S/C14H12S5/c1-15-9-5-13(17-7-9)11-3-4-12(19-11)14-6-10(16-2)8-18-14/h3-8H,1-2H3. The smallest absolute Gasteiger partial charge is 0.0454 e. The van der Waals surface area contributed by atoms with E-state index in [0.717, 1.165) is 0 Å². The first-order valence-corrected chi connectivity index (χ1v) is 10.7. The molecule has 0 unspecified atom stereocenters. The molecule has 0 saturated heterocycles. The van der Waals surface area contributed by atoms with Crippen LogP contribution >= 0.6 is 57.5 Å². The lowest BCUT2D eigenvalue weighted by atomic mass is 10.3. The first-order valence-electron chi connectivity index (χ1n) is 5.66. The molecule has 0 nitrogen and oxygen atoms in total. The van der Waals surface area contributed by atoms with Gasteiger partial charge in [-0.3, -0.25) is 0 Å². The fourth-order valence-electron chi connectivity index (χ4n) is 1.71. The van der Waals surface area contributed by atoms with Gasteiger partial charge in [0.25, 0.3) is 0 Å². The van der Waals surface area contributed by atoms with Crippen molar-refractivity contribution < 1.29 is 0 Å². The van der Waals surface area contributed by atoms with Crippen molar-refractivity contribution in [3.05, 3.63) is 35.0 Å². The molecular formula is C14H12S5. The van der Waals surface area contributed by atoms with Gasteiger partial charge in [-0.2, -0.15) is 0 Å². The Bertz CT molecular complexity index is 617. The molecule has 19 heavy (non-hydrogen) atoms. The van der Waals surface area contributed by atoms with Crippen LogP contribution in [0.2, 0.25) is 0 Å². The van der Waals surface area contributed by atoms with Gasteiger partial charge in [-0.15, -0.1) is 57.5 Å². The van der Waals surface area contributed by atoms with Crippen LogP contribution in [0.3, 0.4) is 0 Å². The van der Waals surface area contributed by atoms with Crippen LogP contribution in [0.4, 0.5) is 0 Å². The third kappa shape index (κ3) is 2.95. The summed E-state index contributed by atoms with van der Waals surface area (Å²) in [5.74, 6) is 0. The van der Waals surface area contributed by atoms with E-state index in [1.54, 1.807) is 0 Å². The van der Waals surface area contributed by atoms with E-state index in [2.05, 4.69) is 47.5 Å². The zero-order chi connectivity index (χ0) is 13.2. The molecule has 0 atom stereocenters. The summed E-state index contributed by atoms with van der Waals surface area (Å²) in [6.45, 7) is 0. The Balaban J connectivity index is 1.90. The Morgan fingerprint density at radius 1 is 0.737 bits per heavy atom. The molecule has 3 aromatic heterocycles. The second-order valence-corrected chi connectivity index (χ2v) is 8.53. The van der Waals surface area contributed by atoms with E-state index in [9.17, 15) is 0 Å². The zero-order valence-electron chi connectivity index (χ0n) is 10.5. The number of hydrogen-bond acceptors (Lipinski definition) is 5. The van der Waals surface area contributed by atoms with E-state index in [1.807, 2.05) is 57.5 Å². The molecule has 0 fully saturated rings. The summed E-state index contributed by atoms with van der Waals surface area (Å²) in [5, 5.41) is 4.47. The topological polar surface area (TPSA) is 0 Å². The monoisotopic (exact) mass is 340 g/mol. The van der Waals surface area contributed by atoms with Crippen molar-refractivity contribution in [2.75, 3.05) is 12.5 Å². The number of rotatable bonds is 4. The van der Waals surface area contributed by atoms with Gasteiger partial charge in [0.15, 0.2) is 0 Å². The molecule has 0 spiro atoms. The van der Waals surface area contributed by atoms with Crippen LogP contribution in [0.1, 0.15) is 0 Å². The van der Waals surface area contributed by atoms with Crippen LogP contribution in [0.15, 0.2) is 44.8 Å². The molecule has 0 aliphatic carbocycles. The van der Waals surface area contributed by atoms with Gasteiger partial charge in [-0.1, -0.05) is 0 Å². The highest BCUT2D eigenvalue weighted by molar-refractivity contribution is 7.99.